The van der Waals surface area contributed by atoms with Crippen molar-refractivity contribution in [3.05, 3.63) is 65.8 Å². The van der Waals surface area contributed by atoms with Gasteiger partial charge in [0.05, 0.1) is 31.0 Å². The van der Waals surface area contributed by atoms with Crippen molar-refractivity contribution in [1.82, 2.24) is 19.1 Å². The predicted octanol–water partition coefficient (Wildman–Crippen LogP) is 4.30. The number of hydrogen-bond donors (Lipinski definition) is 5. The number of carbonyl (C=O) groups excluding carboxylic acids is 1. The lowest BCUT2D eigenvalue weighted by Crippen LogP contribution is -2.62. The van der Waals surface area contributed by atoms with Gasteiger partial charge in [0.25, 0.3) is 5.56 Å². The van der Waals surface area contributed by atoms with Crippen LogP contribution < -0.4 is 22.7 Å². The van der Waals surface area contributed by atoms with Crippen molar-refractivity contribution in [2.24, 2.45) is 51.5 Å². The molecule has 2 saturated heterocycles. The summed E-state index contributed by atoms with van der Waals surface area (Å²) in [6.07, 6.45) is 4.04. The fourth-order valence-electron chi connectivity index (χ4n) is 12.7. The fraction of sp³-hybridized carbons (Fsp3) is 0.786. The molecule has 6 fully saturated rings. The highest BCUT2D eigenvalue weighted by Gasteiger charge is 2.66. The quantitative estimate of drug-likeness (QED) is 0.0580. The molecule has 21 nitrogen and oxygen atoms in total. The van der Waals surface area contributed by atoms with Gasteiger partial charge in [-0.25, -0.2) is 14.2 Å². The molecular formula is C42H61N8O13PS. The average molecular weight is 949 g/mol. The Balaban J connectivity index is 0.827. The summed E-state index contributed by atoms with van der Waals surface area (Å²) in [7, 11) is -4.49. The first kappa shape index (κ1) is 47.9. The van der Waals surface area contributed by atoms with Gasteiger partial charge < -0.3 is 35.1 Å². The number of anilines is 1. The Kier molecular flexibility index (Phi) is 13.9. The van der Waals surface area contributed by atoms with Gasteiger partial charge >= 0.3 is 25.2 Å². The number of nitrogens with two attached hydrogens (primary N) is 1. The second-order valence-electron chi connectivity index (χ2n) is 19.6. The number of thioether (sulfide) groups is 1. The van der Waals surface area contributed by atoms with Crippen molar-refractivity contribution < 1.29 is 47.7 Å². The number of ether oxygens (including phenoxy) is 3. The van der Waals surface area contributed by atoms with Gasteiger partial charge in [0, 0.05) is 41.5 Å². The number of hydrogen-bond acceptors (Lipinski definition) is 16. The molecule has 4 heterocycles. The lowest BCUT2D eigenvalue weighted by Gasteiger charge is -2.63. The smallest absolute Gasteiger partial charge is 0.463 e. The number of phosphoric acid groups is 1. The lowest BCUT2D eigenvalue weighted by atomic mass is 9.43. The first-order valence-corrected chi connectivity index (χ1v) is 25.2. The molecule has 2 aromatic heterocycles. The van der Waals surface area contributed by atoms with Crippen LogP contribution in [0.3, 0.4) is 0 Å². The van der Waals surface area contributed by atoms with Gasteiger partial charge in [0.15, 0.2) is 0 Å². The van der Waals surface area contributed by atoms with Crippen molar-refractivity contribution in [2.45, 2.75) is 140 Å². The first-order chi connectivity index (χ1) is 30.8. The molecule has 358 valence electrons. The van der Waals surface area contributed by atoms with Gasteiger partial charge in [-0.15, -0.1) is 11.8 Å². The Labute approximate surface area is 379 Å². The predicted molar refractivity (Wildman–Crippen MR) is 235 cm³/mol. The number of phosphoric ester groups is 1. The molecule has 1 unspecified atom stereocenters. The van der Waals surface area contributed by atoms with Crippen LogP contribution in [-0.2, 0) is 32.6 Å². The number of nitrogens with one attached hydrogen (secondary N) is 1. The van der Waals surface area contributed by atoms with Crippen LogP contribution in [0.1, 0.15) is 103 Å². The summed E-state index contributed by atoms with van der Waals surface area (Å²) >= 11 is 1.34. The molecule has 2 aliphatic heterocycles. The molecule has 17 atom stereocenters. The lowest BCUT2D eigenvalue weighted by molar-refractivity contribution is -0.206. The molecule has 0 bridgehead atoms. The third-order valence-corrected chi connectivity index (χ3v) is 18.3. The number of aliphatic hydroxyl groups is 2. The maximum atomic E-state index is 13.2. The van der Waals surface area contributed by atoms with Crippen LogP contribution in [-0.4, -0.2) is 95.0 Å². The van der Waals surface area contributed by atoms with Crippen LogP contribution in [0.25, 0.3) is 10.4 Å². The number of esters is 1. The van der Waals surface area contributed by atoms with E-state index in [-0.39, 0.29) is 72.8 Å². The number of azide groups is 1. The maximum absolute atomic E-state index is 13.2. The molecule has 8 rings (SSSR count). The number of carbonyl (C=O) groups is 1. The number of aromatic nitrogens is 4. The zero-order valence-electron chi connectivity index (χ0n) is 37.0. The van der Waals surface area contributed by atoms with Crippen LogP contribution in [0.15, 0.2) is 38.0 Å². The molecule has 2 aromatic rings. The molecule has 23 heteroatoms. The summed E-state index contributed by atoms with van der Waals surface area (Å²) < 4.78 is 44.4. The van der Waals surface area contributed by atoms with Crippen LogP contribution in [0.2, 0.25) is 0 Å². The van der Waals surface area contributed by atoms with E-state index in [1.54, 1.807) is 6.92 Å². The molecule has 4 aliphatic carbocycles. The molecule has 0 aromatic carbocycles. The normalized spacial score (nSPS) is 39.0. The highest BCUT2D eigenvalue weighted by Crippen LogP contribution is 2.69. The van der Waals surface area contributed by atoms with E-state index < -0.39 is 84.5 Å². The maximum Gasteiger partial charge on any atom is 0.472 e. The summed E-state index contributed by atoms with van der Waals surface area (Å²) in [5.41, 5.74) is 12.0. The van der Waals surface area contributed by atoms with Gasteiger partial charge in [-0.05, 0) is 116 Å². The van der Waals surface area contributed by atoms with Crippen molar-refractivity contribution >= 4 is 31.4 Å². The van der Waals surface area contributed by atoms with Crippen LogP contribution >= 0.6 is 19.6 Å². The molecular weight excluding hydrogens is 888 g/mol. The van der Waals surface area contributed by atoms with Gasteiger partial charge in [0.1, 0.15) is 36.4 Å². The zero-order chi connectivity index (χ0) is 46.6. The van der Waals surface area contributed by atoms with E-state index in [4.69, 9.17) is 34.5 Å². The van der Waals surface area contributed by atoms with Crippen molar-refractivity contribution in [3.8, 4) is 0 Å². The Morgan fingerprint density at radius 2 is 1.91 bits per heavy atom. The number of nitrogen functional groups attached to an aromatic ring is 1. The van der Waals surface area contributed by atoms with Gasteiger partial charge in [-0.3, -0.25) is 32.8 Å². The van der Waals surface area contributed by atoms with E-state index in [2.05, 4.69) is 40.8 Å². The number of fused-ring (bicyclic) bond motifs is 5. The van der Waals surface area contributed by atoms with E-state index in [9.17, 15) is 38.8 Å². The van der Waals surface area contributed by atoms with Gasteiger partial charge in [-0.1, -0.05) is 25.9 Å². The second kappa shape index (κ2) is 18.8. The number of aliphatic hydroxyl groups excluding tert-OH is 2. The Morgan fingerprint density at radius 3 is 2.66 bits per heavy atom. The minimum absolute atomic E-state index is 0.00372. The molecule has 0 radical (unpaired) electrons. The minimum Gasteiger partial charge on any atom is -0.463 e. The van der Waals surface area contributed by atoms with Crippen LogP contribution in [0.4, 0.5) is 5.82 Å². The first-order valence-electron chi connectivity index (χ1n) is 22.6. The fourth-order valence-corrected chi connectivity index (χ4v) is 14.8. The van der Waals surface area contributed by atoms with Crippen molar-refractivity contribution in [3.63, 3.8) is 0 Å². The van der Waals surface area contributed by atoms with E-state index in [0.29, 0.717) is 49.8 Å². The van der Waals surface area contributed by atoms with E-state index in [1.807, 2.05) is 0 Å². The summed E-state index contributed by atoms with van der Waals surface area (Å²) in [6.45, 7) is 7.65. The monoisotopic (exact) mass is 948 g/mol. The Hall–Kier alpha value is -3.56. The Bertz CT molecular complexity index is 2380. The largest absolute Gasteiger partial charge is 0.472 e. The Morgan fingerprint density at radius 1 is 1.12 bits per heavy atom. The molecule has 0 amide bonds. The number of aromatic amines is 1. The minimum atomic E-state index is -4.49. The highest BCUT2D eigenvalue weighted by atomic mass is 32.2. The number of nitrogens with zero attached hydrogens (tertiary/aromatic N) is 6. The SMILES string of the molecule is Cc1cn([C@H]2C[C@H](N=[N+]=[N-])[C@@H](COC(=O)CC[C@@H](C)[C@H]3CC[C@H]4[C@@H]5[C@H](O)C[C@@H]6C[C@H](OP(=O)(O)OC[C@@H]7O[C@H](n8ccc(N)nc8=O)CS7)CC[C@]6(C)[C@H]5C[C@H](O)[C@]34C)O2)c(=O)[nH]c1=O. The van der Waals surface area contributed by atoms with Gasteiger partial charge in [-0.2, -0.15) is 4.98 Å². The van der Waals surface area contributed by atoms with E-state index in [0.717, 1.165) is 12.8 Å². The molecule has 65 heavy (non-hydrogen) atoms. The van der Waals surface area contributed by atoms with Crippen LogP contribution in [0, 0.1) is 53.3 Å². The van der Waals surface area contributed by atoms with E-state index >= 15 is 0 Å². The number of aryl methyl sites for hydroxylation is 1. The third kappa shape index (κ3) is 9.50. The molecule has 6 N–H and O–H groups in total. The average Bonchev–Trinajstić information content (AvgIpc) is 3.98. The van der Waals surface area contributed by atoms with Crippen LogP contribution in [0.5, 0.6) is 0 Å². The third-order valence-electron chi connectivity index (χ3n) is 16.1. The second-order valence-corrected chi connectivity index (χ2v) is 22.2. The molecule has 6 aliphatic rings. The summed E-state index contributed by atoms with van der Waals surface area (Å²) in [4.78, 5) is 69.4. The summed E-state index contributed by atoms with van der Waals surface area (Å²) in [6, 6.07) is 0.788. The highest BCUT2D eigenvalue weighted by molar-refractivity contribution is 8.00. The standard InChI is InChI=1S/C42H61N8O13PS/c1-21(5-8-35(53)59-18-30-28(47-48-44)16-33(61-30)50-17-22(2)38(54)46-40(50)56)25-6-7-26-37-27(15-31(52)42(25,26)4)41(3)11-9-24(13-23(41)14-29(37)51)63-64(57,58)60-19-36-62-34(20-65-36)49-12-10-32(43)45-39(49)55/h10,12,17,21,23-31,33-34,36-37,51-52H,5-9,11,13-16,18-20H2,1-4H3,(H,57,58)(H2,43,45,55)(H,46,54,56)/t21-,23+,24-,25-,26+,27+,28+,29-,30-,31+,33-,34+,36-,37+,41+,42-/m1/s1. The summed E-state index contributed by atoms with van der Waals surface area (Å²) in [5.74, 6) is 0.289. The molecule has 0 spiro atoms. The van der Waals surface area contributed by atoms with Crippen molar-refractivity contribution in [1.29, 1.82) is 0 Å². The zero-order valence-corrected chi connectivity index (χ0v) is 38.8. The van der Waals surface area contributed by atoms with Gasteiger partial charge in [0.2, 0.25) is 0 Å². The van der Waals surface area contributed by atoms with Crippen molar-refractivity contribution in [2.75, 3.05) is 24.7 Å². The summed E-state index contributed by atoms with van der Waals surface area (Å²) in [5, 5.41) is 27.9. The number of rotatable bonds is 14. The topological polar surface area (TPSA) is 306 Å². The van der Waals surface area contributed by atoms with E-state index in [1.165, 1.54) is 39.4 Å². The molecule has 4 saturated carbocycles. The number of H-pyrrole nitrogens is 1.